The molecule has 1 heterocycles. The summed E-state index contributed by atoms with van der Waals surface area (Å²) in [6.07, 6.45) is -0.516. The minimum absolute atomic E-state index is 0.314. The summed E-state index contributed by atoms with van der Waals surface area (Å²) in [5.41, 5.74) is 5.27. The quantitative estimate of drug-likeness (QED) is 0.647. The average Bonchev–Trinajstić information content (AvgIpc) is 2.95. The van der Waals surface area contributed by atoms with Gasteiger partial charge in [-0.05, 0) is 43.7 Å². The molecule has 1 N–H and O–H groups in total. The van der Waals surface area contributed by atoms with Crippen LogP contribution in [-0.4, -0.2) is 23.0 Å². The molecule has 0 aliphatic carbocycles. The highest BCUT2D eigenvalue weighted by Gasteiger charge is 2.14. The third-order valence-electron chi connectivity index (χ3n) is 4.47. The second kappa shape index (κ2) is 8.35. The van der Waals surface area contributed by atoms with Gasteiger partial charge in [0.05, 0.1) is 18.5 Å². The molecule has 3 aromatic rings. The normalized spacial score (nSPS) is 10.6. The van der Waals surface area contributed by atoms with Crippen molar-refractivity contribution in [3.8, 4) is 17.0 Å². The molecule has 0 spiro atoms. The number of methoxy groups -OCH3 is 1. The van der Waals surface area contributed by atoms with Gasteiger partial charge in [-0.2, -0.15) is 5.10 Å². The van der Waals surface area contributed by atoms with Gasteiger partial charge in [-0.1, -0.05) is 29.8 Å². The molecule has 6 nitrogen and oxygen atoms in total. The van der Waals surface area contributed by atoms with Crippen molar-refractivity contribution in [2.45, 2.75) is 20.5 Å². The summed E-state index contributed by atoms with van der Waals surface area (Å²) in [6, 6.07) is 13.3. The molecule has 0 unspecified atom stereocenters. The third-order valence-corrected chi connectivity index (χ3v) is 5.00. The van der Waals surface area contributed by atoms with E-state index >= 15 is 0 Å². The Morgan fingerprint density at radius 1 is 1.21 bits per heavy atom. The van der Waals surface area contributed by atoms with Gasteiger partial charge in [-0.25, -0.2) is 4.79 Å². The highest BCUT2D eigenvalue weighted by molar-refractivity contribution is 6.30. The van der Waals surface area contributed by atoms with E-state index in [1.807, 2.05) is 57.3 Å². The molecule has 0 saturated heterocycles. The van der Waals surface area contributed by atoms with Crippen LogP contribution in [0.4, 0.5) is 10.5 Å². The van der Waals surface area contributed by atoms with Crippen LogP contribution in [-0.2, 0) is 18.4 Å². The van der Waals surface area contributed by atoms with E-state index in [2.05, 4.69) is 15.2 Å². The fourth-order valence-corrected chi connectivity index (χ4v) is 3.05. The van der Waals surface area contributed by atoms with Crippen LogP contribution >= 0.6 is 11.6 Å². The van der Waals surface area contributed by atoms with Crippen LogP contribution in [0.3, 0.4) is 0 Å². The smallest absolute Gasteiger partial charge is 0.411 e. The number of anilines is 1. The summed E-state index contributed by atoms with van der Waals surface area (Å²) in [6.45, 7) is 4.25. The summed E-state index contributed by atoms with van der Waals surface area (Å²) >= 11 is 6.24. The number of aryl methyl sites for hydroxylation is 2. The molecule has 0 fully saturated rings. The molecule has 0 aliphatic heterocycles. The Labute approximate surface area is 169 Å². The summed E-state index contributed by atoms with van der Waals surface area (Å²) < 4.78 is 12.3. The number of rotatable bonds is 5. The van der Waals surface area contributed by atoms with E-state index < -0.39 is 6.09 Å². The van der Waals surface area contributed by atoms with Gasteiger partial charge in [0.1, 0.15) is 17.5 Å². The van der Waals surface area contributed by atoms with Crippen LogP contribution in [0.1, 0.15) is 16.7 Å². The van der Waals surface area contributed by atoms with Crippen molar-refractivity contribution in [2.75, 3.05) is 12.4 Å². The Morgan fingerprint density at radius 3 is 2.61 bits per heavy atom. The molecule has 0 aliphatic rings. The minimum atomic E-state index is -0.516. The molecule has 28 heavy (non-hydrogen) atoms. The zero-order chi connectivity index (χ0) is 20.3. The van der Waals surface area contributed by atoms with Gasteiger partial charge >= 0.3 is 6.09 Å². The van der Waals surface area contributed by atoms with Crippen LogP contribution < -0.4 is 10.1 Å². The number of benzene rings is 2. The molecule has 0 radical (unpaired) electrons. The molecule has 0 atom stereocenters. The van der Waals surface area contributed by atoms with Gasteiger partial charge in [0.2, 0.25) is 0 Å². The van der Waals surface area contributed by atoms with Crippen LogP contribution in [0.15, 0.2) is 42.5 Å². The Balaban J connectivity index is 1.78. The number of hydrogen-bond acceptors (Lipinski definition) is 4. The molecular weight excluding hydrogens is 378 g/mol. The third kappa shape index (κ3) is 4.12. The lowest BCUT2D eigenvalue weighted by Crippen LogP contribution is -2.13. The highest BCUT2D eigenvalue weighted by Crippen LogP contribution is 2.31. The fourth-order valence-electron chi connectivity index (χ4n) is 2.93. The van der Waals surface area contributed by atoms with Crippen molar-refractivity contribution in [1.29, 1.82) is 0 Å². The lowest BCUT2D eigenvalue weighted by atomic mass is 10.1. The Bertz CT molecular complexity index is 1010. The van der Waals surface area contributed by atoms with E-state index in [4.69, 9.17) is 16.3 Å². The zero-order valence-corrected chi connectivity index (χ0v) is 17.0. The standard InChI is InChI=1S/C21H22ClN3O3/c1-13-11-15(19-14(2)20(22)25(3)24-19)9-10-18(13)28-12-16-7-5-6-8-17(16)23-21(26)27-4/h5-11H,12H2,1-4H3,(H,23,26). The largest absolute Gasteiger partial charge is 0.489 e. The van der Waals surface area contributed by atoms with Crippen molar-refractivity contribution < 1.29 is 14.3 Å². The summed E-state index contributed by atoms with van der Waals surface area (Å²) in [7, 11) is 3.15. The van der Waals surface area contributed by atoms with E-state index in [1.165, 1.54) is 7.11 Å². The second-order valence-electron chi connectivity index (χ2n) is 6.43. The van der Waals surface area contributed by atoms with Crippen LogP contribution in [0, 0.1) is 13.8 Å². The number of nitrogens with one attached hydrogen (secondary N) is 1. The predicted octanol–water partition coefficient (Wildman–Crippen LogP) is 5.11. The molecule has 0 bridgehead atoms. The first-order chi connectivity index (χ1) is 13.4. The molecule has 1 aromatic heterocycles. The Hall–Kier alpha value is -2.99. The first-order valence-corrected chi connectivity index (χ1v) is 9.14. The number of aromatic nitrogens is 2. The molecular formula is C21H22ClN3O3. The summed E-state index contributed by atoms with van der Waals surface area (Å²) in [5.74, 6) is 0.760. The van der Waals surface area contributed by atoms with Crippen molar-refractivity contribution in [1.82, 2.24) is 9.78 Å². The maximum Gasteiger partial charge on any atom is 0.411 e. The second-order valence-corrected chi connectivity index (χ2v) is 6.79. The van der Waals surface area contributed by atoms with Crippen molar-refractivity contribution in [2.24, 2.45) is 7.05 Å². The van der Waals surface area contributed by atoms with Gasteiger partial charge < -0.3 is 9.47 Å². The lowest BCUT2D eigenvalue weighted by molar-refractivity contribution is 0.187. The molecule has 1 amide bonds. The fraction of sp³-hybridized carbons (Fsp3) is 0.238. The molecule has 146 valence electrons. The Kier molecular flexibility index (Phi) is 5.90. The van der Waals surface area contributed by atoms with E-state index in [-0.39, 0.29) is 0 Å². The van der Waals surface area contributed by atoms with Gasteiger partial charge in [0.15, 0.2) is 0 Å². The van der Waals surface area contributed by atoms with E-state index in [9.17, 15) is 4.79 Å². The van der Waals surface area contributed by atoms with Gasteiger partial charge in [0.25, 0.3) is 0 Å². The van der Waals surface area contributed by atoms with Crippen LogP contribution in [0.5, 0.6) is 5.75 Å². The molecule has 0 saturated carbocycles. The molecule has 2 aromatic carbocycles. The maximum absolute atomic E-state index is 11.5. The Morgan fingerprint density at radius 2 is 1.96 bits per heavy atom. The number of hydrogen-bond donors (Lipinski definition) is 1. The number of carbonyl (C=O) groups is 1. The first kappa shape index (κ1) is 19.8. The van der Waals surface area contributed by atoms with Gasteiger partial charge in [-0.15, -0.1) is 0 Å². The first-order valence-electron chi connectivity index (χ1n) is 8.76. The maximum atomic E-state index is 11.5. The van der Waals surface area contributed by atoms with E-state index in [1.54, 1.807) is 10.7 Å². The molecule has 3 rings (SSSR count). The number of halogens is 1. The lowest BCUT2D eigenvalue weighted by Gasteiger charge is -2.13. The average molecular weight is 400 g/mol. The number of amides is 1. The predicted molar refractivity (Wildman–Crippen MR) is 110 cm³/mol. The molecule has 7 heteroatoms. The summed E-state index contributed by atoms with van der Waals surface area (Å²) in [5, 5.41) is 7.80. The van der Waals surface area contributed by atoms with Gasteiger partial charge in [0, 0.05) is 23.7 Å². The van der Waals surface area contributed by atoms with Crippen molar-refractivity contribution >= 4 is 23.4 Å². The monoisotopic (exact) mass is 399 g/mol. The topological polar surface area (TPSA) is 65.4 Å². The SMILES string of the molecule is COC(=O)Nc1ccccc1COc1ccc(-c2nn(C)c(Cl)c2C)cc1C. The van der Waals surface area contributed by atoms with Crippen molar-refractivity contribution in [3.63, 3.8) is 0 Å². The zero-order valence-electron chi connectivity index (χ0n) is 16.2. The summed E-state index contributed by atoms with van der Waals surface area (Å²) in [4.78, 5) is 11.5. The number of ether oxygens (including phenoxy) is 2. The minimum Gasteiger partial charge on any atom is -0.489 e. The van der Waals surface area contributed by atoms with Crippen molar-refractivity contribution in [3.05, 3.63) is 64.3 Å². The number of nitrogens with zero attached hydrogens (tertiary/aromatic N) is 2. The van der Waals surface area contributed by atoms with Gasteiger partial charge in [-0.3, -0.25) is 10.00 Å². The van der Waals surface area contributed by atoms with E-state index in [0.717, 1.165) is 33.7 Å². The van der Waals surface area contributed by atoms with Crippen LogP contribution in [0.2, 0.25) is 5.15 Å². The number of carbonyl (C=O) groups excluding carboxylic acids is 1. The number of para-hydroxylation sites is 1. The van der Waals surface area contributed by atoms with E-state index in [0.29, 0.717) is 17.4 Å². The highest BCUT2D eigenvalue weighted by atomic mass is 35.5. The van der Waals surface area contributed by atoms with Crippen LogP contribution in [0.25, 0.3) is 11.3 Å².